The molecule has 0 saturated heterocycles. The highest BCUT2D eigenvalue weighted by Crippen LogP contribution is 2.25. The summed E-state index contributed by atoms with van der Waals surface area (Å²) in [4.78, 5) is 4.35. The maximum Gasteiger partial charge on any atom is 0.261 e. The van der Waals surface area contributed by atoms with Crippen molar-refractivity contribution in [2.45, 2.75) is 6.92 Å². The lowest BCUT2D eigenvalue weighted by Gasteiger charge is -2.02. The second-order valence-electron chi connectivity index (χ2n) is 2.41. The molecular formula is C10H13NOS2. The van der Waals surface area contributed by atoms with Crippen molar-refractivity contribution in [1.29, 1.82) is 0 Å². The lowest BCUT2D eigenvalue weighted by Crippen LogP contribution is -1.91. The molecule has 0 fully saturated rings. The Morgan fingerprint density at radius 1 is 1.36 bits per heavy atom. The molecule has 0 aliphatic rings. The summed E-state index contributed by atoms with van der Waals surface area (Å²) in [6.07, 6.45) is 0. The molecule has 76 valence electrons. The highest BCUT2D eigenvalue weighted by molar-refractivity contribution is 8.82. The van der Waals surface area contributed by atoms with E-state index in [0.29, 0.717) is 5.23 Å². The van der Waals surface area contributed by atoms with E-state index in [1.54, 1.807) is 28.7 Å². The summed E-state index contributed by atoms with van der Waals surface area (Å²) < 4.78 is 5.15. The van der Waals surface area contributed by atoms with Crippen LogP contribution in [0.2, 0.25) is 0 Å². The number of rotatable bonds is 3. The third kappa shape index (κ3) is 4.07. The van der Waals surface area contributed by atoms with Gasteiger partial charge in [0.1, 0.15) is 0 Å². The van der Waals surface area contributed by atoms with Gasteiger partial charge in [-0.1, -0.05) is 35.9 Å². The number of hydrogen-bond acceptors (Lipinski definition) is 4. The van der Waals surface area contributed by atoms with Gasteiger partial charge in [0.15, 0.2) is 0 Å². The van der Waals surface area contributed by atoms with Gasteiger partial charge in [-0.05, 0) is 12.1 Å². The molecular weight excluding hydrogens is 214 g/mol. The summed E-state index contributed by atoms with van der Waals surface area (Å²) in [6, 6.07) is 9.80. The third-order valence-corrected chi connectivity index (χ3v) is 3.64. The Hall–Kier alpha value is -0.610. The van der Waals surface area contributed by atoms with E-state index in [2.05, 4.69) is 11.9 Å². The minimum Gasteiger partial charge on any atom is -0.476 e. The van der Waals surface area contributed by atoms with E-state index in [0.717, 1.165) is 11.4 Å². The van der Waals surface area contributed by atoms with Gasteiger partial charge in [-0.15, -0.1) is 0 Å². The van der Waals surface area contributed by atoms with Crippen LogP contribution in [0.3, 0.4) is 0 Å². The molecule has 0 saturated carbocycles. The molecule has 0 bridgehead atoms. The van der Waals surface area contributed by atoms with Crippen molar-refractivity contribution in [3.63, 3.8) is 0 Å². The second-order valence-corrected chi connectivity index (χ2v) is 4.94. The van der Waals surface area contributed by atoms with Crippen molar-refractivity contribution < 1.29 is 4.74 Å². The van der Waals surface area contributed by atoms with E-state index in [4.69, 9.17) is 4.74 Å². The first kappa shape index (κ1) is 11.5. The Morgan fingerprint density at radius 2 is 2.07 bits per heavy atom. The molecule has 0 amide bonds. The highest BCUT2D eigenvalue weighted by Gasteiger charge is 1.99. The number of nitrogens with zero attached hydrogens (tertiary/aromatic N) is 1. The van der Waals surface area contributed by atoms with Gasteiger partial charge in [-0.2, -0.15) is 0 Å². The topological polar surface area (TPSA) is 21.6 Å². The van der Waals surface area contributed by atoms with Crippen LogP contribution >= 0.6 is 21.6 Å². The van der Waals surface area contributed by atoms with Crippen LogP contribution in [0, 0.1) is 0 Å². The molecule has 0 spiro atoms. The Balaban J connectivity index is 2.64. The molecule has 2 nitrogen and oxygen atoms in total. The molecule has 0 radical (unpaired) electrons. The van der Waals surface area contributed by atoms with Crippen molar-refractivity contribution in [1.82, 2.24) is 0 Å². The van der Waals surface area contributed by atoms with Crippen molar-refractivity contribution in [2.75, 3.05) is 12.9 Å². The van der Waals surface area contributed by atoms with E-state index in [-0.39, 0.29) is 0 Å². The quantitative estimate of drug-likeness (QED) is 0.446. The normalized spacial score (nSPS) is 11.4. The summed E-state index contributed by atoms with van der Waals surface area (Å²) in [5, 5.41) is 0.697. The number of para-hydroxylation sites is 1. The van der Waals surface area contributed by atoms with Crippen LogP contribution in [0.5, 0.6) is 0 Å². The third-order valence-electron chi connectivity index (χ3n) is 1.40. The molecule has 1 aromatic rings. The van der Waals surface area contributed by atoms with Gasteiger partial charge < -0.3 is 4.74 Å². The maximum atomic E-state index is 5.15. The van der Waals surface area contributed by atoms with E-state index >= 15 is 0 Å². The molecule has 0 heterocycles. The van der Waals surface area contributed by atoms with Crippen molar-refractivity contribution in [3.8, 4) is 0 Å². The van der Waals surface area contributed by atoms with Gasteiger partial charge >= 0.3 is 0 Å². The molecule has 0 aromatic heterocycles. The minimum absolute atomic E-state index is 0.697. The summed E-state index contributed by atoms with van der Waals surface area (Å²) in [6.45, 7) is 2.10. The average molecular weight is 227 g/mol. The molecule has 0 aliphatic heterocycles. The van der Waals surface area contributed by atoms with Gasteiger partial charge in [0.2, 0.25) is 0 Å². The lowest BCUT2D eigenvalue weighted by molar-refractivity contribution is 0.417. The first-order valence-electron chi connectivity index (χ1n) is 4.34. The number of hydrogen-bond donors (Lipinski definition) is 0. The summed E-state index contributed by atoms with van der Waals surface area (Å²) in [7, 11) is 4.93. The zero-order valence-electron chi connectivity index (χ0n) is 8.27. The molecule has 14 heavy (non-hydrogen) atoms. The zero-order chi connectivity index (χ0) is 10.2. The fourth-order valence-electron chi connectivity index (χ4n) is 0.816. The number of methoxy groups -OCH3 is 1. The van der Waals surface area contributed by atoms with Gasteiger partial charge in [0.05, 0.1) is 12.8 Å². The molecule has 0 N–H and O–H groups in total. The SMILES string of the molecule is CCSSC(=Nc1ccccc1)OC. The van der Waals surface area contributed by atoms with Crippen LogP contribution in [-0.4, -0.2) is 18.1 Å². The zero-order valence-corrected chi connectivity index (χ0v) is 9.90. The van der Waals surface area contributed by atoms with E-state index < -0.39 is 0 Å². The van der Waals surface area contributed by atoms with Crippen LogP contribution < -0.4 is 0 Å². The molecule has 0 atom stereocenters. The molecule has 1 aromatic carbocycles. The molecule has 0 unspecified atom stereocenters. The van der Waals surface area contributed by atoms with Crippen molar-refractivity contribution in [2.24, 2.45) is 4.99 Å². The van der Waals surface area contributed by atoms with E-state index in [1.807, 2.05) is 30.3 Å². The predicted molar refractivity (Wildman–Crippen MR) is 66.3 cm³/mol. The fraction of sp³-hybridized carbons (Fsp3) is 0.300. The standard InChI is InChI=1S/C10H13NOS2/c1-3-13-14-10(12-2)11-9-7-5-4-6-8-9/h4-8H,3H2,1-2H3. The van der Waals surface area contributed by atoms with Gasteiger partial charge in [-0.3, -0.25) is 0 Å². The Kier molecular flexibility index (Phi) is 5.56. The van der Waals surface area contributed by atoms with Crippen LogP contribution in [0.15, 0.2) is 35.3 Å². The summed E-state index contributed by atoms with van der Waals surface area (Å²) in [5.41, 5.74) is 0.925. The molecule has 0 aliphatic carbocycles. The van der Waals surface area contributed by atoms with Crippen LogP contribution in [0.25, 0.3) is 0 Å². The first-order valence-corrected chi connectivity index (χ1v) is 6.66. The Labute approximate surface area is 92.5 Å². The van der Waals surface area contributed by atoms with E-state index in [9.17, 15) is 0 Å². The van der Waals surface area contributed by atoms with Gasteiger partial charge in [0, 0.05) is 16.5 Å². The van der Waals surface area contributed by atoms with Crippen molar-refractivity contribution in [3.05, 3.63) is 30.3 Å². The molecule has 4 heteroatoms. The van der Waals surface area contributed by atoms with Crippen LogP contribution in [0.4, 0.5) is 5.69 Å². The minimum atomic E-state index is 0.697. The number of benzene rings is 1. The van der Waals surface area contributed by atoms with Crippen LogP contribution in [0.1, 0.15) is 6.92 Å². The molecule has 1 rings (SSSR count). The smallest absolute Gasteiger partial charge is 0.261 e. The fourth-order valence-corrected chi connectivity index (χ4v) is 2.22. The maximum absolute atomic E-state index is 5.15. The summed E-state index contributed by atoms with van der Waals surface area (Å²) in [5.74, 6) is 1.04. The van der Waals surface area contributed by atoms with Gasteiger partial charge in [-0.25, -0.2) is 4.99 Å². The Morgan fingerprint density at radius 3 is 2.64 bits per heavy atom. The predicted octanol–water partition coefficient (Wildman–Crippen LogP) is 3.72. The second kappa shape index (κ2) is 6.79. The highest BCUT2D eigenvalue weighted by atomic mass is 33.1. The summed E-state index contributed by atoms with van der Waals surface area (Å²) >= 11 is 0. The average Bonchev–Trinajstić information content (AvgIpc) is 2.25. The van der Waals surface area contributed by atoms with Gasteiger partial charge in [0.25, 0.3) is 5.23 Å². The van der Waals surface area contributed by atoms with E-state index in [1.165, 1.54) is 0 Å². The Bertz CT molecular complexity index is 287. The van der Waals surface area contributed by atoms with Crippen LogP contribution in [-0.2, 0) is 4.74 Å². The monoisotopic (exact) mass is 227 g/mol. The number of aliphatic imine (C=N–C) groups is 1. The number of ether oxygens (including phenoxy) is 1. The first-order chi connectivity index (χ1) is 6.86. The lowest BCUT2D eigenvalue weighted by atomic mass is 10.3. The van der Waals surface area contributed by atoms with Crippen molar-refractivity contribution >= 4 is 32.5 Å². The largest absolute Gasteiger partial charge is 0.476 e.